The third kappa shape index (κ3) is 16.0. The first-order valence-electron chi connectivity index (χ1n) is 35.9. The monoisotopic (exact) mass is 1480 g/mol. The molecule has 2 saturated carbocycles. The number of fused-ring (bicyclic) bond motifs is 8. The van der Waals surface area contributed by atoms with Crippen LogP contribution in [0.5, 0.6) is 0 Å². The average Bonchev–Trinajstić information content (AvgIpc) is 0.780. The molecule has 26 heteroatoms. The van der Waals surface area contributed by atoms with E-state index in [9.17, 15) is 53.4 Å². The molecule has 26 nitrogen and oxygen atoms in total. The normalized spacial score (nSPS) is 24.0. The number of alkyl carbamates (subject to hydrolysis) is 1. The van der Waals surface area contributed by atoms with Crippen LogP contribution in [0.3, 0.4) is 0 Å². The Labute approximate surface area is 624 Å². The number of rotatable bonds is 26. The molecule has 3 fully saturated rings. The maximum absolute atomic E-state index is 16.0. The summed E-state index contributed by atoms with van der Waals surface area (Å²) < 4.78 is 48.6. The molecule has 8 N–H and O–H groups in total. The summed E-state index contributed by atoms with van der Waals surface area (Å²) in [5, 5.41) is 37.5. The standard InChI is InChI=1S/C82H89N5O21/c1-45(2)65(87-77(98)101-43-59-57-32-20-18-30-55(57)56-31-19-21-33-58(56)59)60(90)39-53(29-22-38-84-76(83)97)73(94)85-54-36-34-49(35-37-54)42-102-78(99)106-68(66(50-23-12-9-13-24-50)86-72(93)51-25-14-10-15-26-51)75(96)105-61-41-82(100)71(107-74(95)52-27-16-11-17-28-52)69-80(8,62(91)40-63-81(69,44-103-63)108-48(5)89)70(92)67(104-47(4)88)64(46(61)3)79(82,6)7/h9-21,23-28,30-37,45,53,59,61-63,65-69,71,91,100H,22,29,38-44H2,1-8H3,(H,85,94)(H,86,93)(H,87,98)(H3,83,84,97)/t53?,61-,62-,63+,65?,66-,67+,68+,69-,71-,80+,81-,82+/m0/s1. The SMILES string of the molecule is CC(=O)O[C@H]1C(=O)[C@@]2(C)[C@H]([C@H](OC(=O)c3ccccc3)[C@]3(O)C[C@H](OC(=O)[C@H](OC(=O)OCc4ccc(NC(=O)C(CCCNC(N)=O)CC(=O)C(NC(=O)OCC5c6ccccc6-c6ccccc65)C(C)C)cc4)[C@@H](NC(=O)c4ccccc4)c4ccccc4)C(C)=C1C3(C)C)[C@]1(OC(C)=O)CO[C@@H]1C[C@@H]2O. The van der Waals surface area contributed by atoms with Gasteiger partial charge in [-0.3, -0.25) is 28.8 Å². The molecule has 108 heavy (non-hydrogen) atoms. The summed E-state index contributed by atoms with van der Waals surface area (Å²) in [7, 11) is 0. The highest BCUT2D eigenvalue weighted by atomic mass is 16.7. The van der Waals surface area contributed by atoms with Crippen LogP contribution < -0.4 is 27.0 Å². The number of ether oxygens (including phenoxy) is 8. The summed E-state index contributed by atoms with van der Waals surface area (Å²) in [4.78, 5) is 156. The van der Waals surface area contributed by atoms with Crippen LogP contribution in [0.15, 0.2) is 175 Å². The number of amides is 5. The number of nitrogens with one attached hydrogen (secondary N) is 4. The lowest BCUT2D eigenvalue weighted by molar-refractivity contribution is -0.346. The summed E-state index contributed by atoms with van der Waals surface area (Å²) in [5.41, 5.74) is 1.84. The molecule has 1 aliphatic heterocycles. The van der Waals surface area contributed by atoms with Crippen molar-refractivity contribution in [1.29, 1.82) is 0 Å². The van der Waals surface area contributed by atoms with Gasteiger partial charge in [0, 0.05) is 68.2 Å². The molecule has 5 aliphatic rings. The molecule has 2 bridgehead atoms. The van der Waals surface area contributed by atoms with Gasteiger partial charge in [0.05, 0.1) is 35.6 Å². The number of benzene rings is 6. The number of esters is 4. The number of aliphatic hydroxyl groups excluding tert-OH is 1. The average molecular weight is 1480 g/mol. The number of ketones is 2. The number of carbonyl (C=O) groups excluding carboxylic acids is 11. The largest absolute Gasteiger partial charge is 0.509 e. The van der Waals surface area contributed by atoms with Crippen molar-refractivity contribution in [2.45, 2.75) is 160 Å². The molecular weight excluding hydrogens is 1390 g/mol. The zero-order chi connectivity index (χ0) is 77.6. The van der Waals surface area contributed by atoms with Crippen LogP contribution in [0.2, 0.25) is 0 Å². The second kappa shape index (κ2) is 32.6. The van der Waals surface area contributed by atoms with Crippen molar-refractivity contribution >= 4 is 71.2 Å². The molecular formula is C82H89N5O21. The van der Waals surface area contributed by atoms with Gasteiger partial charge in [-0.25, -0.2) is 24.0 Å². The topological polar surface area (TPSA) is 376 Å². The molecule has 6 aromatic rings. The Morgan fingerprint density at radius 1 is 0.713 bits per heavy atom. The fourth-order valence-electron chi connectivity index (χ4n) is 16.1. The van der Waals surface area contributed by atoms with E-state index < -0.39 is 174 Å². The maximum Gasteiger partial charge on any atom is 0.509 e. The van der Waals surface area contributed by atoms with Crippen LogP contribution in [0, 0.1) is 28.6 Å². The third-order valence-corrected chi connectivity index (χ3v) is 21.7. The van der Waals surface area contributed by atoms with Gasteiger partial charge in [0.1, 0.15) is 43.2 Å². The molecule has 11 rings (SSSR count). The van der Waals surface area contributed by atoms with E-state index in [1.54, 1.807) is 80.6 Å². The summed E-state index contributed by atoms with van der Waals surface area (Å²) in [6.45, 7) is 10.7. The zero-order valence-corrected chi connectivity index (χ0v) is 61.1. The lowest BCUT2D eigenvalue weighted by Crippen LogP contribution is -2.82. The van der Waals surface area contributed by atoms with Gasteiger partial charge in [-0.2, -0.15) is 0 Å². The molecule has 6 aromatic carbocycles. The maximum atomic E-state index is 16.0. The van der Waals surface area contributed by atoms with Gasteiger partial charge < -0.3 is 75.1 Å². The van der Waals surface area contributed by atoms with Crippen LogP contribution >= 0.6 is 0 Å². The van der Waals surface area contributed by atoms with Crippen molar-refractivity contribution < 1.29 is 101 Å². The van der Waals surface area contributed by atoms with E-state index >= 15 is 9.59 Å². The van der Waals surface area contributed by atoms with Crippen LogP contribution in [0.25, 0.3) is 11.1 Å². The van der Waals surface area contributed by atoms with Gasteiger partial charge in [0.25, 0.3) is 5.91 Å². The lowest BCUT2D eigenvalue weighted by Gasteiger charge is -2.67. The number of urea groups is 1. The number of carbonyl (C=O) groups is 11. The number of Topliss-reactive ketones (excluding diaryl/α,β-unsaturated/α-hetero) is 2. The second-order valence-corrected chi connectivity index (χ2v) is 29.2. The summed E-state index contributed by atoms with van der Waals surface area (Å²) in [6.07, 6.45) is -13.8. The lowest BCUT2D eigenvalue weighted by atomic mass is 9.44. The Morgan fingerprint density at radius 2 is 1.31 bits per heavy atom. The summed E-state index contributed by atoms with van der Waals surface area (Å²) in [5.74, 6) is -10.2. The minimum atomic E-state index is -2.57. The van der Waals surface area contributed by atoms with Gasteiger partial charge in [-0.1, -0.05) is 155 Å². The van der Waals surface area contributed by atoms with Crippen molar-refractivity contribution in [3.8, 4) is 11.1 Å². The molecule has 2 unspecified atom stereocenters. The van der Waals surface area contributed by atoms with Crippen LogP contribution in [0.1, 0.15) is 142 Å². The Kier molecular flexibility index (Phi) is 23.5. The predicted octanol–water partition coefficient (Wildman–Crippen LogP) is 9.62. The van der Waals surface area contributed by atoms with E-state index in [1.165, 1.54) is 76.2 Å². The quantitative estimate of drug-likeness (QED) is 0.0115. The number of anilines is 1. The van der Waals surface area contributed by atoms with E-state index in [1.807, 2.05) is 48.5 Å². The fraction of sp³-hybridized carbons (Fsp3) is 0.402. The van der Waals surface area contributed by atoms with Crippen LogP contribution in [-0.2, 0) is 73.3 Å². The summed E-state index contributed by atoms with van der Waals surface area (Å²) >= 11 is 0. The van der Waals surface area contributed by atoms with E-state index in [4.69, 9.17) is 43.6 Å². The molecule has 0 aromatic heterocycles. The van der Waals surface area contributed by atoms with E-state index in [-0.39, 0.29) is 78.3 Å². The number of aliphatic hydroxyl groups is 2. The molecule has 0 radical (unpaired) electrons. The number of nitrogens with two attached hydrogens (primary N) is 1. The highest BCUT2D eigenvalue weighted by Crippen LogP contribution is 2.65. The zero-order valence-electron chi connectivity index (χ0n) is 61.1. The number of hydrogen-bond donors (Lipinski definition) is 7. The van der Waals surface area contributed by atoms with Crippen LogP contribution in [-0.4, -0.2) is 149 Å². The smallest absolute Gasteiger partial charge is 0.455 e. The Balaban J connectivity index is 0.853. The molecule has 13 atom stereocenters. The second-order valence-electron chi connectivity index (χ2n) is 29.2. The highest BCUT2D eigenvalue weighted by molar-refractivity contribution is 5.98. The first-order valence-corrected chi connectivity index (χ1v) is 35.9. The van der Waals surface area contributed by atoms with Crippen molar-refractivity contribution in [3.63, 3.8) is 0 Å². The Morgan fingerprint density at radius 3 is 1.90 bits per heavy atom. The minimum Gasteiger partial charge on any atom is -0.455 e. The molecule has 5 amide bonds. The molecule has 568 valence electrons. The van der Waals surface area contributed by atoms with Crippen molar-refractivity contribution in [2.24, 2.45) is 34.3 Å². The van der Waals surface area contributed by atoms with Gasteiger partial charge in [0.2, 0.25) is 12.0 Å². The predicted molar refractivity (Wildman–Crippen MR) is 389 cm³/mol. The first-order chi connectivity index (χ1) is 51.5. The van der Waals surface area contributed by atoms with Crippen LogP contribution in [0.4, 0.5) is 20.1 Å². The van der Waals surface area contributed by atoms with Gasteiger partial charge in [-0.05, 0) is 114 Å². The molecule has 4 aliphatic carbocycles. The van der Waals surface area contributed by atoms with E-state index in [2.05, 4.69) is 21.3 Å². The number of hydrogen-bond acceptors (Lipinski definition) is 21. The molecule has 1 heterocycles. The fourth-order valence-corrected chi connectivity index (χ4v) is 16.1. The first kappa shape index (κ1) is 78.0. The van der Waals surface area contributed by atoms with Crippen molar-refractivity contribution in [3.05, 3.63) is 208 Å². The Hall–Kier alpha value is -11.1. The van der Waals surface area contributed by atoms with Gasteiger partial charge in [-0.15, -0.1) is 0 Å². The molecule has 1 saturated heterocycles. The number of primary amides is 1. The highest BCUT2D eigenvalue weighted by Gasteiger charge is 2.78. The van der Waals surface area contributed by atoms with Gasteiger partial charge in [0.15, 0.2) is 23.3 Å². The summed E-state index contributed by atoms with van der Waals surface area (Å²) in [6, 6.07) is 41.9. The Bertz CT molecular complexity index is 4390. The van der Waals surface area contributed by atoms with E-state index in [0.717, 1.165) is 36.1 Å². The van der Waals surface area contributed by atoms with Crippen molar-refractivity contribution in [1.82, 2.24) is 16.0 Å². The minimum absolute atomic E-state index is 0.00337. The third-order valence-electron chi connectivity index (χ3n) is 21.7. The van der Waals surface area contributed by atoms with Gasteiger partial charge >= 0.3 is 42.2 Å². The molecule has 0 spiro atoms. The van der Waals surface area contributed by atoms with E-state index in [0.29, 0.717) is 5.56 Å². The van der Waals surface area contributed by atoms with Crippen molar-refractivity contribution in [2.75, 3.05) is 25.1 Å².